The van der Waals surface area contributed by atoms with E-state index in [0.717, 1.165) is 44.2 Å². The highest BCUT2D eigenvalue weighted by molar-refractivity contribution is 5.95. The summed E-state index contributed by atoms with van der Waals surface area (Å²) < 4.78 is 11.0. The fourth-order valence-corrected chi connectivity index (χ4v) is 3.23. The Kier molecular flexibility index (Phi) is 5.71. The number of anilines is 2. The summed E-state index contributed by atoms with van der Waals surface area (Å²) in [6.45, 7) is 9.17. The van der Waals surface area contributed by atoms with Crippen LogP contribution in [0.5, 0.6) is 0 Å². The normalized spacial score (nSPS) is 25.5. The minimum absolute atomic E-state index is 0.0247. The van der Waals surface area contributed by atoms with Crippen molar-refractivity contribution in [1.82, 2.24) is 4.90 Å². The second-order valence-electron chi connectivity index (χ2n) is 6.59. The number of hydrogen-bond acceptors (Lipinski definition) is 5. The van der Waals surface area contributed by atoms with E-state index in [0.29, 0.717) is 13.2 Å². The number of hydrogen-bond donors (Lipinski definition) is 1. The minimum atomic E-state index is 0.0247. The second kappa shape index (κ2) is 7.96. The van der Waals surface area contributed by atoms with E-state index in [9.17, 15) is 4.79 Å². The molecule has 0 spiro atoms. The van der Waals surface area contributed by atoms with Crippen molar-refractivity contribution in [3.05, 3.63) is 24.3 Å². The Morgan fingerprint density at radius 2 is 2.00 bits per heavy atom. The van der Waals surface area contributed by atoms with Crippen molar-refractivity contribution in [2.75, 3.05) is 56.2 Å². The average Bonchev–Trinajstić information content (AvgIpc) is 2.59. The molecule has 1 N–H and O–H groups in total. The van der Waals surface area contributed by atoms with Crippen LogP contribution in [0, 0.1) is 0 Å². The summed E-state index contributed by atoms with van der Waals surface area (Å²) in [5, 5.41) is 3.09. The number of nitrogens with one attached hydrogen (secondary N) is 1. The summed E-state index contributed by atoms with van der Waals surface area (Å²) in [5.41, 5.74) is 1.94. The fourth-order valence-electron chi connectivity index (χ4n) is 3.23. The first-order valence-electron chi connectivity index (χ1n) is 8.70. The molecule has 132 valence electrons. The number of rotatable bonds is 4. The van der Waals surface area contributed by atoms with Crippen LogP contribution in [0.2, 0.25) is 0 Å². The Labute approximate surface area is 143 Å². The molecular weight excluding hydrogens is 306 g/mol. The van der Waals surface area contributed by atoms with Gasteiger partial charge in [0.25, 0.3) is 0 Å². The lowest BCUT2D eigenvalue weighted by Gasteiger charge is -2.36. The van der Waals surface area contributed by atoms with Gasteiger partial charge in [-0.1, -0.05) is 12.1 Å². The van der Waals surface area contributed by atoms with E-state index in [1.165, 1.54) is 0 Å². The van der Waals surface area contributed by atoms with Crippen molar-refractivity contribution in [2.24, 2.45) is 0 Å². The molecule has 2 aliphatic heterocycles. The molecule has 1 aromatic carbocycles. The fraction of sp³-hybridized carbons (Fsp3) is 0.611. The predicted octanol–water partition coefficient (Wildman–Crippen LogP) is 1.57. The van der Waals surface area contributed by atoms with E-state index in [-0.39, 0.29) is 18.1 Å². The Morgan fingerprint density at radius 1 is 1.25 bits per heavy atom. The van der Waals surface area contributed by atoms with E-state index in [1.807, 2.05) is 25.1 Å². The third-order valence-corrected chi connectivity index (χ3v) is 4.61. The number of morpholine rings is 2. The molecule has 6 heteroatoms. The zero-order chi connectivity index (χ0) is 16.9. The van der Waals surface area contributed by atoms with E-state index in [2.05, 4.69) is 28.1 Å². The summed E-state index contributed by atoms with van der Waals surface area (Å²) >= 11 is 0. The summed E-state index contributed by atoms with van der Waals surface area (Å²) in [6, 6.07) is 8.25. The summed E-state index contributed by atoms with van der Waals surface area (Å²) in [5.74, 6) is 0.0247. The molecule has 6 nitrogen and oxygen atoms in total. The van der Waals surface area contributed by atoms with Crippen LogP contribution in [0.1, 0.15) is 13.8 Å². The maximum Gasteiger partial charge on any atom is 0.238 e. The number of ether oxygens (including phenoxy) is 2. The summed E-state index contributed by atoms with van der Waals surface area (Å²) in [7, 11) is 0. The van der Waals surface area contributed by atoms with Crippen molar-refractivity contribution < 1.29 is 14.3 Å². The van der Waals surface area contributed by atoms with Gasteiger partial charge < -0.3 is 19.7 Å². The van der Waals surface area contributed by atoms with Crippen molar-refractivity contribution in [1.29, 1.82) is 0 Å². The quantitative estimate of drug-likeness (QED) is 0.906. The first kappa shape index (κ1) is 17.2. The molecule has 2 atom stereocenters. The van der Waals surface area contributed by atoms with Gasteiger partial charge in [-0.25, -0.2) is 0 Å². The van der Waals surface area contributed by atoms with Crippen molar-refractivity contribution in [3.8, 4) is 0 Å². The predicted molar refractivity (Wildman–Crippen MR) is 94.6 cm³/mol. The maximum absolute atomic E-state index is 12.5. The molecule has 1 aromatic rings. The van der Waals surface area contributed by atoms with Gasteiger partial charge in [0.05, 0.1) is 43.8 Å². The minimum Gasteiger partial charge on any atom is -0.378 e. The highest BCUT2D eigenvalue weighted by atomic mass is 16.5. The topological polar surface area (TPSA) is 54.0 Å². The third kappa shape index (κ3) is 4.26. The van der Waals surface area contributed by atoms with Crippen LogP contribution in [0.4, 0.5) is 11.4 Å². The highest BCUT2D eigenvalue weighted by Crippen LogP contribution is 2.26. The van der Waals surface area contributed by atoms with Gasteiger partial charge in [-0.3, -0.25) is 9.69 Å². The van der Waals surface area contributed by atoms with Crippen LogP contribution in [0.25, 0.3) is 0 Å². The van der Waals surface area contributed by atoms with Crippen molar-refractivity contribution >= 4 is 17.3 Å². The van der Waals surface area contributed by atoms with Gasteiger partial charge in [0.15, 0.2) is 0 Å². The SMILES string of the molecule is C[C@H]1CN(CC(=O)Nc2ccccc2N2CCOCC2)[C@@H](C)CO1. The third-order valence-electron chi connectivity index (χ3n) is 4.61. The molecule has 0 unspecified atom stereocenters. The van der Waals surface area contributed by atoms with Crippen LogP contribution in [0.15, 0.2) is 24.3 Å². The Bertz CT molecular complexity index is 560. The average molecular weight is 333 g/mol. The van der Waals surface area contributed by atoms with Gasteiger partial charge >= 0.3 is 0 Å². The van der Waals surface area contributed by atoms with Gasteiger partial charge in [0, 0.05) is 25.7 Å². The van der Waals surface area contributed by atoms with Crippen LogP contribution in [-0.2, 0) is 14.3 Å². The molecule has 0 bridgehead atoms. The molecule has 2 saturated heterocycles. The molecule has 1 amide bonds. The van der Waals surface area contributed by atoms with Crippen molar-refractivity contribution in [2.45, 2.75) is 26.0 Å². The zero-order valence-corrected chi connectivity index (χ0v) is 14.5. The molecule has 2 aliphatic rings. The Hall–Kier alpha value is -1.63. The molecule has 3 rings (SSSR count). The largest absolute Gasteiger partial charge is 0.378 e. The number of para-hydroxylation sites is 2. The zero-order valence-electron chi connectivity index (χ0n) is 14.5. The number of amides is 1. The van der Waals surface area contributed by atoms with E-state index in [4.69, 9.17) is 9.47 Å². The molecular formula is C18H27N3O3. The molecule has 24 heavy (non-hydrogen) atoms. The van der Waals surface area contributed by atoms with Gasteiger partial charge in [-0.15, -0.1) is 0 Å². The highest BCUT2D eigenvalue weighted by Gasteiger charge is 2.25. The molecule has 0 radical (unpaired) electrons. The van der Waals surface area contributed by atoms with Gasteiger partial charge in [-0.2, -0.15) is 0 Å². The lowest BCUT2D eigenvalue weighted by atomic mass is 10.2. The summed E-state index contributed by atoms with van der Waals surface area (Å²) in [4.78, 5) is 17.0. The standard InChI is InChI=1S/C18H27N3O3/c1-14-13-24-15(2)11-21(14)12-18(22)19-16-5-3-4-6-17(16)20-7-9-23-10-8-20/h3-6,14-15H,7-13H2,1-2H3,(H,19,22)/t14-,15-/m0/s1. The monoisotopic (exact) mass is 333 g/mol. The number of benzene rings is 1. The van der Waals surface area contributed by atoms with Crippen LogP contribution >= 0.6 is 0 Å². The van der Waals surface area contributed by atoms with Gasteiger partial charge in [0.2, 0.25) is 5.91 Å². The first-order valence-corrected chi connectivity index (χ1v) is 8.70. The maximum atomic E-state index is 12.5. The van der Waals surface area contributed by atoms with Crippen LogP contribution in [0.3, 0.4) is 0 Å². The smallest absolute Gasteiger partial charge is 0.238 e. The number of carbonyl (C=O) groups excluding carboxylic acids is 1. The van der Waals surface area contributed by atoms with Gasteiger partial charge in [0.1, 0.15) is 0 Å². The summed E-state index contributed by atoms with van der Waals surface area (Å²) in [6.07, 6.45) is 0.176. The second-order valence-corrected chi connectivity index (χ2v) is 6.59. The lowest BCUT2D eigenvalue weighted by Crippen LogP contribution is -2.50. The van der Waals surface area contributed by atoms with E-state index < -0.39 is 0 Å². The first-order chi connectivity index (χ1) is 11.6. The lowest BCUT2D eigenvalue weighted by molar-refractivity contribution is -0.121. The Morgan fingerprint density at radius 3 is 2.79 bits per heavy atom. The van der Waals surface area contributed by atoms with Crippen LogP contribution < -0.4 is 10.2 Å². The van der Waals surface area contributed by atoms with E-state index in [1.54, 1.807) is 0 Å². The number of carbonyl (C=O) groups is 1. The Balaban J connectivity index is 1.64. The van der Waals surface area contributed by atoms with Crippen LogP contribution in [-0.4, -0.2) is 69.0 Å². The molecule has 0 aliphatic carbocycles. The molecule has 0 aromatic heterocycles. The number of nitrogens with zero attached hydrogens (tertiary/aromatic N) is 2. The van der Waals surface area contributed by atoms with Crippen molar-refractivity contribution in [3.63, 3.8) is 0 Å². The molecule has 0 saturated carbocycles. The molecule has 2 heterocycles. The van der Waals surface area contributed by atoms with Gasteiger partial charge in [-0.05, 0) is 26.0 Å². The van der Waals surface area contributed by atoms with E-state index >= 15 is 0 Å². The molecule has 2 fully saturated rings.